The van der Waals surface area contributed by atoms with Crippen molar-refractivity contribution in [3.8, 4) is 5.75 Å². The van der Waals surface area contributed by atoms with Crippen LogP contribution in [0.3, 0.4) is 0 Å². The molecule has 5 aliphatic rings. The summed E-state index contributed by atoms with van der Waals surface area (Å²) < 4.78 is 6.85. The van der Waals surface area contributed by atoms with Gasteiger partial charge in [-0.3, -0.25) is 4.90 Å². The van der Waals surface area contributed by atoms with Crippen LogP contribution in [0.15, 0.2) is 36.4 Å². The summed E-state index contributed by atoms with van der Waals surface area (Å²) in [6.07, 6.45) is 5.19. The molecule has 158 valence electrons. The lowest BCUT2D eigenvalue weighted by molar-refractivity contribution is -0.173. The van der Waals surface area contributed by atoms with Gasteiger partial charge in [-0.1, -0.05) is 30.3 Å². The van der Waals surface area contributed by atoms with E-state index in [0.29, 0.717) is 6.42 Å². The quantitative estimate of drug-likeness (QED) is 0.664. The van der Waals surface area contributed by atoms with Gasteiger partial charge in [-0.25, -0.2) is 0 Å². The number of ether oxygens (including phenoxy) is 1. The second kappa shape index (κ2) is 5.36. The van der Waals surface area contributed by atoms with Crippen molar-refractivity contribution in [1.29, 1.82) is 0 Å². The first-order valence-electron chi connectivity index (χ1n) is 12.0. The van der Waals surface area contributed by atoms with Gasteiger partial charge in [-0.05, 0) is 67.8 Å². The van der Waals surface area contributed by atoms with E-state index in [0.717, 1.165) is 43.1 Å². The van der Waals surface area contributed by atoms with Crippen molar-refractivity contribution in [2.75, 3.05) is 13.1 Å². The molecule has 4 nitrogen and oxygen atoms in total. The van der Waals surface area contributed by atoms with Crippen molar-refractivity contribution >= 4 is 10.9 Å². The number of hydrogen-bond donors (Lipinski definition) is 2. The standard InChI is InChI=1S/C27H28N2O2/c1-15-6-9-17-12-21-27(30)13-19-18-4-2-3-5-20(18)28-23(19)25-26(27,22(17)24(15)31-25)10-11-29(21)14-16-7-8-16/h2-6,9,16,21,25,28,30H,7-8,10-14H2,1H3/t21-,25-,26+,27-/m1/s1. The number of para-hydroxylation sites is 1. The molecule has 2 aromatic carbocycles. The maximum Gasteiger partial charge on any atom is 0.151 e. The van der Waals surface area contributed by atoms with Crippen LogP contribution >= 0.6 is 0 Å². The normalized spacial score (nSPS) is 35.0. The minimum Gasteiger partial charge on any atom is -0.483 e. The van der Waals surface area contributed by atoms with Gasteiger partial charge in [0.15, 0.2) is 6.10 Å². The van der Waals surface area contributed by atoms with E-state index in [1.807, 2.05) is 0 Å². The third kappa shape index (κ3) is 1.88. The van der Waals surface area contributed by atoms with Crippen LogP contribution in [-0.2, 0) is 18.3 Å². The molecule has 1 saturated heterocycles. The highest BCUT2D eigenvalue weighted by Gasteiger charge is 2.72. The number of aromatic amines is 1. The molecule has 2 fully saturated rings. The molecule has 1 spiro atoms. The topological polar surface area (TPSA) is 48.5 Å². The van der Waals surface area contributed by atoms with Gasteiger partial charge >= 0.3 is 0 Å². The number of benzene rings is 2. The lowest BCUT2D eigenvalue weighted by Gasteiger charge is -2.62. The molecule has 2 N–H and O–H groups in total. The molecule has 31 heavy (non-hydrogen) atoms. The Morgan fingerprint density at radius 1 is 1.19 bits per heavy atom. The van der Waals surface area contributed by atoms with Crippen molar-refractivity contribution in [2.45, 2.75) is 62.2 Å². The van der Waals surface area contributed by atoms with Gasteiger partial charge in [0.2, 0.25) is 0 Å². The number of aliphatic hydroxyl groups is 1. The summed E-state index contributed by atoms with van der Waals surface area (Å²) in [6, 6.07) is 13.3. The van der Waals surface area contributed by atoms with E-state index in [1.54, 1.807) is 0 Å². The summed E-state index contributed by atoms with van der Waals surface area (Å²) in [5.74, 6) is 1.87. The first-order valence-corrected chi connectivity index (χ1v) is 12.0. The van der Waals surface area contributed by atoms with Crippen molar-refractivity contribution in [1.82, 2.24) is 9.88 Å². The number of likely N-dealkylation sites (tertiary alicyclic amines) is 1. The number of aromatic nitrogens is 1. The molecule has 3 heterocycles. The van der Waals surface area contributed by atoms with Gasteiger partial charge in [-0.15, -0.1) is 0 Å². The highest BCUT2D eigenvalue weighted by Crippen LogP contribution is 2.68. The summed E-state index contributed by atoms with van der Waals surface area (Å²) in [6.45, 7) is 4.36. The minimum absolute atomic E-state index is 0.130. The molecular formula is C27H28N2O2. The fraction of sp³-hybridized carbons (Fsp3) is 0.481. The van der Waals surface area contributed by atoms with Crippen molar-refractivity contribution in [3.63, 3.8) is 0 Å². The maximum atomic E-state index is 12.8. The van der Waals surface area contributed by atoms with Gasteiger partial charge in [0.25, 0.3) is 0 Å². The number of nitrogens with one attached hydrogen (secondary N) is 1. The summed E-state index contributed by atoms with van der Waals surface area (Å²) in [5.41, 5.74) is 6.41. The van der Waals surface area contributed by atoms with Crippen LogP contribution in [0.25, 0.3) is 10.9 Å². The van der Waals surface area contributed by atoms with E-state index in [4.69, 9.17) is 4.74 Å². The fourth-order valence-corrected chi connectivity index (χ4v) is 7.72. The Morgan fingerprint density at radius 2 is 2.06 bits per heavy atom. The molecule has 4 heteroatoms. The number of piperidine rings is 1. The molecule has 8 rings (SSSR count). The first-order chi connectivity index (χ1) is 15.1. The van der Waals surface area contributed by atoms with Crippen molar-refractivity contribution < 1.29 is 9.84 Å². The van der Waals surface area contributed by atoms with Gasteiger partial charge in [0.1, 0.15) is 5.75 Å². The Hall–Kier alpha value is -2.30. The monoisotopic (exact) mass is 412 g/mol. The molecular weight excluding hydrogens is 384 g/mol. The van der Waals surface area contributed by atoms with Crippen molar-refractivity contribution in [2.24, 2.45) is 5.92 Å². The number of aryl methyl sites for hydroxylation is 1. The number of fused-ring (bicyclic) bond motifs is 4. The van der Waals surface area contributed by atoms with E-state index in [2.05, 4.69) is 53.2 Å². The molecule has 3 aromatic rings. The van der Waals surface area contributed by atoms with E-state index >= 15 is 0 Å². The van der Waals surface area contributed by atoms with E-state index < -0.39 is 5.60 Å². The molecule has 2 aliphatic heterocycles. The number of hydrogen-bond acceptors (Lipinski definition) is 3. The fourth-order valence-electron chi connectivity index (χ4n) is 7.72. The Bertz CT molecular complexity index is 1270. The van der Waals surface area contributed by atoms with Crippen molar-refractivity contribution in [3.05, 3.63) is 64.3 Å². The van der Waals surface area contributed by atoms with E-state index in [-0.39, 0.29) is 17.6 Å². The highest BCUT2D eigenvalue weighted by molar-refractivity contribution is 5.86. The molecule has 3 aliphatic carbocycles. The minimum atomic E-state index is -0.797. The predicted octanol–water partition coefficient (Wildman–Crippen LogP) is 4.18. The number of H-pyrrole nitrogens is 1. The Kier molecular flexibility index (Phi) is 2.99. The van der Waals surface area contributed by atoms with E-state index in [1.165, 1.54) is 46.2 Å². The van der Waals surface area contributed by atoms with Crippen LogP contribution in [0.5, 0.6) is 5.75 Å². The lowest BCUT2D eigenvalue weighted by atomic mass is 9.49. The average molecular weight is 413 g/mol. The summed E-state index contributed by atoms with van der Waals surface area (Å²) in [7, 11) is 0. The number of rotatable bonds is 2. The molecule has 1 saturated carbocycles. The van der Waals surface area contributed by atoms with Gasteiger partial charge in [0, 0.05) is 35.5 Å². The van der Waals surface area contributed by atoms with E-state index in [9.17, 15) is 5.11 Å². The van der Waals surface area contributed by atoms with Crippen LogP contribution in [0.4, 0.5) is 0 Å². The Balaban J connectivity index is 1.43. The summed E-state index contributed by atoms with van der Waals surface area (Å²) in [5, 5.41) is 14.0. The SMILES string of the molecule is Cc1ccc2c3c1O[C@@H]1c4[nH]c5ccccc5c4C[C@@]4(O)[C@@H](C2)N(CC2CC2)CC[C@]314. The molecule has 0 radical (unpaired) electrons. The van der Waals surface area contributed by atoms with Crippen LogP contribution in [0.1, 0.15) is 53.3 Å². The van der Waals surface area contributed by atoms with Crippen LogP contribution in [0.2, 0.25) is 0 Å². The summed E-state index contributed by atoms with van der Waals surface area (Å²) >= 11 is 0. The van der Waals surface area contributed by atoms with Crippen LogP contribution in [0, 0.1) is 12.8 Å². The predicted molar refractivity (Wildman–Crippen MR) is 120 cm³/mol. The van der Waals surface area contributed by atoms with Crippen LogP contribution in [-0.4, -0.2) is 39.7 Å². The zero-order valence-corrected chi connectivity index (χ0v) is 17.9. The Labute approximate surface area is 182 Å². The lowest BCUT2D eigenvalue weighted by Crippen LogP contribution is -2.74. The molecule has 2 bridgehead atoms. The third-order valence-electron chi connectivity index (χ3n) is 9.29. The van der Waals surface area contributed by atoms with Crippen LogP contribution < -0.4 is 4.74 Å². The third-order valence-corrected chi connectivity index (χ3v) is 9.29. The van der Waals surface area contributed by atoms with Gasteiger partial charge in [0.05, 0.1) is 16.7 Å². The number of nitrogens with zero attached hydrogens (tertiary/aromatic N) is 1. The zero-order valence-electron chi connectivity index (χ0n) is 17.9. The highest BCUT2D eigenvalue weighted by atomic mass is 16.5. The molecule has 0 unspecified atom stereocenters. The second-order valence-electron chi connectivity index (χ2n) is 10.8. The largest absolute Gasteiger partial charge is 0.483 e. The smallest absolute Gasteiger partial charge is 0.151 e. The summed E-state index contributed by atoms with van der Waals surface area (Å²) in [4.78, 5) is 6.36. The molecule has 0 amide bonds. The second-order valence-corrected chi connectivity index (χ2v) is 10.8. The average Bonchev–Trinajstić information content (AvgIpc) is 3.40. The van der Waals surface area contributed by atoms with Gasteiger partial charge in [-0.2, -0.15) is 0 Å². The zero-order chi connectivity index (χ0) is 20.5. The Morgan fingerprint density at radius 3 is 2.94 bits per heavy atom. The maximum absolute atomic E-state index is 12.8. The molecule has 4 atom stereocenters. The van der Waals surface area contributed by atoms with Gasteiger partial charge < -0.3 is 14.8 Å². The molecule has 1 aromatic heterocycles. The first kappa shape index (κ1) is 17.3.